The molecule has 0 bridgehead atoms. The van der Waals surface area contributed by atoms with Crippen molar-refractivity contribution < 1.29 is 28.6 Å². The summed E-state index contributed by atoms with van der Waals surface area (Å²) in [6.07, 6.45) is 0.0146. The molecule has 0 spiro atoms. The molecular weight excluding hydrogens is 344 g/mol. The Morgan fingerprint density at radius 1 is 1.12 bits per heavy atom. The number of nitrogens with zero attached hydrogens (tertiary/aromatic N) is 1. The molecule has 26 heavy (non-hydrogen) atoms. The van der Waals surface area contributed by atoms with Gasteiger partial charge < -0.3 is 10.2 Å². The minimum Gasteiger partial charge on any atom is -0.508 e. The van der Waals surface area contributed by atoms with Crippen LogP contribution in [0.15, 0.2) is 53.8 Å². The Morgan fingerprint density at radius 3 is 2.38 bits per heavy atom. The van der Waals surface area contributed by atoms with E-state index in [-0.39, 0.29) is 17.7 Å². The molecule has 1 aliphatic heterocycles. The third-order valence-corrected chi connectivity index (χ3v) is 4.21. The first-order chi connectivity index (χ1) is 12.3. The average Bonchev–Trinajstić information content (AvgIpc) is 2.88. The molecule has 1 unspecified atom stereocenters. The van der Waals surface area contributed by atoms with Gasteiger partial charge in [-0.15, -0.1) is 0 Å². The summed E-state index contributed by atoms with van der Waals surface area (Å²) < 4.78 is 27.9. The van der Waals surface area contributed by atoms with Crippen LogP contribution in [0, 0.1) is 11.6 Å². The third kappa shape index (κ3) is 2.81. The molecule has 0 aliphatic carbocycles. The van der Waals surface area contributed by atoms with E-state index in [2.05, 4.69) is 0 Å². The van der Waals surface area contributed by atoms with Crippen LogP contribution in [0.5, 0.6) is 5.75 Å². The molecule has 1 atom stereocenters. The van der Waals surface area contributed by atoms with Crippen LogP contribution in [0.2, 0.25) is 0 Å². The molecule has 2 aromatic carbocycles. The van der Waals surface area contributed by atoms with E-state index in [0.29, 0.717) is 5.56 Å². The molecule has 1 amide bonds. The van der Waals surface area contributed by atoms with E-state index in [4.69, 9.17) is 0 Å². The Kier molecular flexibility index (Phi) is 4.46. The fraction of sp³-hybridized carbons (Fsp3) is 0.158. The second-order valence-corrected chi connectivity index (χ2v) is 5.80. The quantitative estimate of drug-likeness (QED) is 0.875. The van der Waals surface area contributed by atoms with Crippen LogP contribution < -0.4 is 4.90 Å². The first kappa shape index (κ1) is 17.6. The SMILES string of the molecule is CCC(=O)C1=C(O)C(=O)N(c2cc(F)ccc2F)C1c1ccc(O)cc1. The maximum atomic E-state index is 14.3. The number of Topliss-reactive ketones (excluding diaryl/α,β-unsaturated/α-hetero) is 1. The lowest BCUT2D eigenvalue weighted by atomic mass is 9.94. The normalized spacial score (nSPS) is 17.1. The standard InChI is InChI=1S/C19H15F2NO4/c1-2-15(24)16-17(10-3-6-12(23)7-4-10)22(19(26)18(16)25)14-9-11(20)5-8-13(14)21/h3-9,17,23,25H,2H2,1H3. The smallest absolute Gasteiger partial charge is 0.294 e. The van der Waals surface area contributed by atoms with Gasteiger partial charge in [0.2, 0.25) is 0 Å². The fourth-order valence-corrected chi connectivity index (χ4v) is 2.97. The summed E-state index contributed by atoms with van der Waals surface area (Å²) >= 11 is 0. The molecule has 0 aromatic heterocycles. The molecule has 0 fully saturated rings. The predicted octanol–water partition coefficient (Wildman–Crippen LogP) is 3.55. The van der Waals surface area contributed by atoms with Crippen LogP contribution in [0.3, 0.4) is 0 Å². The van der Waals surface area contributed by atoms with E-state index in [1.807, 2.05) is 0 Å². The number of benzene rings is 2. The van der Waals surface area contributed by atoms with Gasteiger partial charge in [0.25, 0.3) is 5.91 Å². The monoisotopic (exact) mass is 359 g/mol. The zero-order valence-corrected chi connectivity index (χ0v) is 13.7. The summed E-state index contributed by atoms with van der Waals surface area (Å²) in [6.45, 7) is 1.56. The number of carbonyl (C=O) groups excluding carboxylic acids is 2. The highest BCUT2D eigenvalue weighted by Gasteiger charge is 2.44. The van der Waals surface area contributed by atoms with Gasteiger partial charge in [0.15, 0.2) is 11.5 Å². The fourth-order valence-electron chi connectivity index (χ4n) is 2.97. The first-order valence-corrected chi connectivity index (χ1v) is 7.89. The molecule has 7 heteroatoms. The van der Waals surface area contributed by atoms with Crippen molar-refractivity contribution in [1.29, 1.82) is 0 Å². The summed E-state index contributed by atoms with van der Waals surface area (Å²) in [5.74, 6) is -3.97. The molecule has 2 N–H and O–H groups in total. The number of aliphatic hydroxyl groups is 1. The number of rotatable bonds is 4. The van der Waals surface area contributed by atoms with Crippen molar-refractivity contribution in [3.05, 3.63) is 71.0 Å². The molecule has 0 saturated carbocycles. The highest BCUT2D eigenvalue weighted by molar-refractivity contribution is 6.16. The number of hydrogen-bond donors (Lipinski definition) is 2. The Morgan fingerprint density at radius 2 is 1.77 bits per heavy atom. The number of phenols is 1. The number of anilines is 1. The Hall–Kier alpha value is -3.22. The second kappa shape index (κ2) is 6.59. The summed E-state index contributed by atoms with van der Waals surface area (Å²) in [5.41, 5.74) is -0.217. The van der Waals surface area contributed by atoms with E-state index in [9.17, 15) is 28.6 Å². The Labute approximate surface area is 147 Å². The number of phenolic OH excluding ortho intramolecular Hbond substituents is 1. The minimum absolute atomic E-state index is 0.0146. The van der Waals surface area contributed by atoms with Crippen molar-refractivity contribution in [2.45, 2.75) is 19.4 Å². The average molecular weight is 359 g/mol. The largest absolute Gasteiger partial charge is 0.508 e. The van der Waals surface area contributed by atoms with E-state index in [0.717, 1.165) is 23.1 Å². The number of carbonyl (C=O) groups is 2. The van der Waals surface area contributed by atoms with Crippen LogP contribution in [-0.2, 0) is 9.59 Å². The van der Waals surface area contributed by atoms with Gasteiger partial charge in [0, 0.05) is 12.5 Å². The van der Waals surface area contributed by atoms with E-state index in [1.54, 1.807) is 6.92 Å². The van der Waals surface area contributed by atoms with Gasteiger partial charge in [0.05, 0.1) is 17.3 Å². The number of halogens is 2. The van der Waals surface area contributed by atoms with E-state index in [1.165, 1.54) is 24.3 Å². The molecule has 0 saturated heterocycles. The zero-order chi connectivity index (χ0) is 19.0. The van der Waals surface area contributed by atoms with Crippen LogP contribution in [-0.4, -0.2) is 21.9 Å². The van der Waals surface area contributed by atoms with Gasteiger partial charge in [0.1, 0.15) is 17.4 Å². The summed E-state index contributed by atoms with van der Waals surface area (Å²) in [5, 5.41) is 19.7. The Bertz CT molecular complexity index is 922. The maximum absolute atomic E-state index is 14.3. The maximum Gasteiger partial charge on any atom is 0.294 e. The molecule has 2 aromatic rings. The highest BCUT2D eigenvalue weighted by atomic mass is 19.1. The lowest BCUT2D eigenvalue weighted by Crippen LogP contribution is -2.31. The number of hydrogen-bond acceptors (Lipinski definition) is 4. The summed E-state index contributed by atoms with van der Waals surface area (Å²) in [6, 6.07) is 7.02. The highest BCUT2D eigenvalue weighted by Crippen LogP contribution is 2.42. The van der Waals surface area contributed by atoms with E-state index >= 15 is 0 Å². The van der Waals surface area contributed by atoms with Gasteiger partial charge in [-0.3, -0.25) is 14.5 Å². The number of aliphatic hydroxyl groups excluding tert-OH is 1. The van der Waals surface area contributed by atoms with Crippen molar-refractivity contribution in [1.82, 2.24) is 0 Å². The molecule has 3 rings (SSSR count). The van der Waals surface area contributed by atoms with Gasteiger partial charge in [-0.05, 0) is 29.8 Å². The number of ketones is 1. The molecule has 134 valence electrons. The summed E-state index contributed by atoms with van der Waals surface area (Å²) in [7, 11) is 0. The minimum atomic E-state index is -1.13. The molecule has 1 aliphatic rings. The van der Waals surface area contributed by atoms with Crippen LogP contribution in [0.25, 0.3) is 0 Å². The molecular formula is C19H15F2NO4. The second-order valence-electron chi connectivity index (χ2n) is 5.80. The number of amides is 1. The summed E-state index contributed by atoms with van der Waals surface area (Å²) in [4.78, 5) is 25.8. The first-order valence-electron chi connectivity index (χ1n) is 7.89. The van der Waals surface area contributed by atoms with Crippen molar-refractivity contribution in [2.24, 2.45) is 0 Å². The van der Waals surface area contributed by atoms with Crippen molar-refractivity contribution in [3.63, 3.8) is 0 Å². The lowest BCUT2D eigenvalue weighted by Gasteiger charge is -2.27. The van der Waals surface area contributed by atoms with Crippen LogP contribution in [0.1, 0.15) is 24.9 Å². The van der Waals surface area contributed by atoms with Crippen molar-refractivity contribution in [3.8, 4) is 5.75 Å². The van der Waals surface area contributed by atoms with Crippen LogP contribution in [0.4, 0.5) is 14.5 Å². The molecule has 1 heterocycles. The van der Waals surface area contributed by atoms with Crippen LogP contribution >= 0.6 is 0 Å². The third-order valence-electron chi connectivity index (χ3n) is 4.21. The van der Waals surface area contributed by atoms with Crippen molar-refractivity contribution in [2.75, 3.05) is 4.90 Å². The van der Waals surface area contributed by atoms with Crippen molar-refractivity contribution >= 4 is 17.4 Å². The topological polar surface area (TPSA) is 77.8 Å². The molecule has 0 radical (unpaired) electrons. The Balaban J connectivity index is 2.22. The lowest BCUT2D eigenvalue weighted by molar-refractivity contribution is -0.118. The number of aromatic hydroxyl groups is 1. The van der Waals surface area contributed by atoms with Gasteiger partial charge in [-0.2, -0.15) is 0 Å². The predicted molar refractivity (Wildman–Crippen MR) is 89.6 cm³/mol. The van der Waals surface area contributed by atoms with E-state index < -0.39 is 40.8 Å². The van der Waals surface area contributed by atoms with Gasteiger partial charge in [-0.25, -0.2) is 8.78 Å². The molecule has 5 nitrogen and oxygen atoms in total. The van der Waals surface area contributed by atoms with Gasteiger partial charge >= 0.3 is 0 Å². The zero-order valence-electron chi connectivity index (χ0n) is 13.7. The van der Waals surface area contributed by atoms with Gasteiger partial charge in [-0.1, -0.05) is 19.1 Å².